The van der Waals surface area contributed by atoms with Crippen molar-refractivity contribution in [2.45, 2.75) is 24.4 Å². The van der Waals surface area contributed by atoms with E-state index in [1.807, 2.05) is 0 Å². The number of halogens is 2. The van der Waals surface area contributed by atoms with E-state index in [9.17, 15) is 13.2 Å². The van der Waals surface area contributed by atoms with Crippen LogP contribution in [0.2, 0.25) is 10.0 Å². The molecule has 10 heteroatoms. The van der Waals surface area contributed by atoms with Gasteiger partial charge in [0, 0.05) is 17.9 Å². The lowest BCUT2D eigenvalue weighted by molar-refractivity contribution is 0.249. The largest absolute Gasteiger partial charge is 0.331 e. The third-order valence-electron chi connectivity index (χ3n) is 4.66. The van der Waals surface area contributed by atoms with E-state index in [1.54, 1.807) is 49.4 Å². The topological polar surface area (TPSA) is 113 Å². The summed E-state index contributed by atoms with van der Waals surface area (Å²) in [6, 6.07) is 16.9. The summed E-state index contributed by atoms with van der Waals surface area (Å²) in [5.41, 5.74) is 7.99. The van der Waals surface area contributed by atoms with Crippen molar-refractivity contribution in [3.05, 3.63) is 87.9 Å². The Balaban J connectivity index is 1.63. The number of nitrogens with two attached hydrogens (primary N) is 1. The van der Waals surface area contributed by atoms with Gasteiger partial charge < -0.3 is 16.4 Å². The van der Waals surface area contributed by atoms with Crippen LogP contribution in [0.3, 0.4) is 0 Å². The molecule has 1 unspecified atom stereocenters. The van der Waals surface area contributed by atoms with Crippen molar-refractivity contribution in [3.63, 3.8) is 0 Å². The predicted molar refractivity (Wildman–Crippen MR) is 129 cm³/mol. The SMILES string of the molecule is CC(NC(=O)Nc1ccc(S(=O)(=O)Nc2ccc(CN)cc2)cc1)c1cccc(Cl)c1Cl. The number of rotatable bonds is 7. The minimum absolute atomic E-state index is 0.0606. The van der Waals surface area contributed by atoms with E-state index in [4.69, 9.17) is 28.9 Å². The van der Waals surface area contributed by atoms with E-state index < -0.39 is 22.1 Å². The number of carbonyl (C=O) groups excluding carboxylic acids is 1. The highest BCUT2D eigenvalue weighted by Crippen LogP contribution is 2.29. The third-order valence-corrected chi connectivity index (χ3v) is 6.89. The number of amides is 2. The Labute approximate surface area is 197 Å². The van der Waals surface area contributed by atoms with Gasteiger partial charge >= 0.3 is 6.03 Å². The molecule has 0 aliphatic rings. The highest BCUT2D eigenvalue weighted by molar-refractivity contribution is 7.92. The molecule has 3 aromatic rings. The second-order valence-electron chi connectivity index (χ2n) is 6.99. The maximum atomic E-state index is 12.6. The van der Waals surface area contributed by atoms with Crippen LogP contribution in [0.5, 0.6) is 0 Å². The second-order valence-corrected chi connectivity index (χ2v) is 9.46. The van der Waals surface area contributed by atoms with Gasteiger partial charge in [0.1, 0.15) is 0 Å². The van der Waals surface area contributed by atoms with Gasteiger partial charge in [-0.05, 0) is 60.5 Å². The Kier molecular flexibility index (Phi) is 7.63. The molecule has 7 nitrogen and oxygen atoms in total. The number of hydrogen-bond acceptors (Lipinski definition) is 4. The van der Waals surface area contributed by atoms with Gasteiger partial charge in [0.15, 0.2) is 0 Å². The minimum Gasteiger partial charge on any atom is -0.331 e. The Morgan fingerprint density at radius 3 is 2.22 bits per heavy atom. The number of nitrogens with one attached hydrogen (secondary N) is 3. The summed E-state index contributed by atoms with van der Waals surface area (Å²) in [6.07, 6.45) is 0. The summed E-state index contributed by atoms with van der Waals surface area (Å²) >= 11 is 12.2. The van der Waals surface area contributed by atoms with Crippen LogP contribution in [0.4, 0.5) is 16.2 Å². The highest BCUT2D eigenvalue weighted by atomic mass is 35.5. The summed E-state index contributed by atoms with van der Waals surface area (Å²) in [6.45, 7) is 2.15. The molecule has 0 spiro atoms. The van der Waals surface area contributed by atoms with Crippen molar-refractivity contribution in [2.24, 2.45) is 5.73 Å². The van der Waals surface area contributed by atoms with E-state index in [0.717, 1.165) is 5.56 Å². The van der Waals surface area contributed by atoms with Crippen LogP contribution in [0.1, 0.15) is 24.1 Å². The maximum Gasteiger partial charge on any atom is 0.319 e. The third kappa shape index (κ3) is 5.92. The first-order chi connectivity index (χ1) is 15.2. The van der Waals surface area contributed by atoms with Crippen LogP contribution >= 0.6 is 23.2 Å². The number of sulfonamides is 1. The monoisotopic (exact) mass is 492 g/mol. The zero-order valence-electron chi connectivity index (χ0n) is 17.1. The van der Waals surface area contributed by atoms with E-state index in [2.05, 4.69) is 15.4 Å². The van der Waals surface area contributed by atoms with Gasteiger partial charge in [-0.25, -0.2) is 13.2 Å². The summed E-state index contributed by atoms with van der Waals surface area (Å²) in [5, 5.41) is 6.21. The molecule has 3 rings (SSSR count). The van der Waals surface area contributed by atoms with Gasteiger partial charge in [-0.15, -0.1) is 0 Å². The zero-order chi connectivity index (χ0) is 23.3. The standard InChI is InChI=1S/C22H22Cl2N4O3S/c1-14(19-3-2-4-20(23)21(19)24)26-22(29)27-16-9-11-18(12-10-16)32(30,31)28-17-7-5-15(13-25)6-8-17/h2-12,14,28H,13,25H2,1H3,(H2,26,27,29). The van der Waals surface area contributed by atoms with Crippen LogP contribution in [0, 0.1) is 0 Å². The number of urea groups is 1. The molecule has 0 fully saturated rings. The van der Waals surface area contributed by atoms with E-state index in [1.165, 1.54) is 24.3 Å². The quantitative estimate of drug-likeness (QED) is 0.365. The van der Waals surface area contributed by atoms with Crippen LogP contribution in [-0.2, 0) is 16.6 Å². The van der Waals surface area contributed by atoms with Gasteiger partial charge in [-0.1, -0.05) is 47.5 Å². The molecular weight excluding hydrogens is 471 g/mol. The predicted octanol–water partition coefficient (Wildman–Crippen LogP) is 5.14. The summed E-state index contributed by atoms with van der Waals surface area (Å²) < 4.78 is 27.7. The zero-order valence-corrected chi connectivity index (χ0v) is 19.4. The lowest BCUT2D eigenvalue weighted by Crippen LogP contribution is -2.31. The molecule has 0 bridgehead atoms. The van der Waals surface area contributed by atoms with Crippen molar-refractivity contribution >= 4 is 50.6 Å². The van der Waals surface area contributed by atoms with Gasteiger partial charge in [-0.3, -0.25) is 4.72 Å². The van der Waals surface area contributed by atoms with Crippen LogP contribution < -0.4 is 21.1 Å². The normalized spacial score (nSPS) is 12.1. The molecule has 0 saturated heterocycles. The molecule has 5 N–H and O–H groups in total. The Morgan fingerprint density at radius 1 is 0.969 bits per heavy atom. The first kappa shape index (κ1) is 23.9. The summed E-state index contributed by atoms with van der Waals surface area (Å²) in [5.74, 6) is 0. The fourth-order valence-electron chi connectivity index (χ4n) is 2.94. The molecule has 32 heavy (non-hydrogen) atoms. The van der Waals surface area contributed by atoms with E-state index >= 15 is 0 Å². The Hall–Kier alpha value is -2.78. The van der Waals surface area contributed by atoms with Crippen molar-refractivity contribution in [1.82, 2.24) is 5.32 Å². The molecule has 0 aromatic heterocycles. The molecule has 1 atom stereocenters. The van der Waals surface area contributed by atoms with E-state index in [-0.39, 0.29) is 4.90 Å². The Morgan fingerprint density at radius 2 is 1.59 bits per heavy atom. The Bertz CT molecular complexity index is 1200. The average Bonchev–Trinajstić information content (AvgIpc) is 2.76. The number of carbonyl (C=O) groups is 1. The smallest absolute Gasteiger partial charge is 0.319 e. The first-order valence-corrected chi connectivity index (χ1v) is 11.9. The molecule has 2 amide bonds. The van der Waals surface area contributed by atoms with Crippen molar-refractivity contribution in [2.75, 3.05) is 10.0 Å². The number of anilines is 2. The molecule has 3 aromatic carbocycles. The van der Waals surface area contributed by atoms with Crippen molar-refractivity contribution < 1.29 is 13.2 Å². The lowest BCUT2D eigenvalue weighted by atomic mass is 10.1. The molecule has 0 heterocycles. The first-order valence-electron chi connectivity index (χ1n) is 9.63. The molecule has 0 saturated carbocycles. The average molecular weight is 493 g/mol. The number of hydrogen-bond donors (Lipinski definition) is 4. The number of benzene rings is 3. The van der Waals surface area contributed by atoms with Crippen LogP contribution in [-0.4, -0.2) is 14.4 Å². The van der Waals surface area contributed by atoms with Gasteiger partial charge in [0.2, 0.25) is 0 Å². The summed E-state index contributed by atoms with van der Waals surface area (Å²) in [4.78, 5) is 12.4. The molecular formula is C22H22Cl2N4O3S. The maximum absolute atomic E-state index is 12.6. The van der Waals surface area contributed by atoms with Crippen molar-refractivity contribution in [3.8, 4) is 0 Å². The lowest BCUT2D eigenvalue weighted by Gasteiger charge is -2.17. The van der Waals surface area contributed by atoms with Gasteiger partial charge in [0.25, 0.3) is 10.0 Å². The fraction of sp³-hybridized carbons (Fsp3) is 0.136. The molecule has 0 aliphatic heterocycles. The molecule has 0 aliphatic carbocycles. The van der Waals surface area contributed by atoms with Gasteiger partial charge in [-0.2, -0.15) is 0 Å². The van der Waals surface area contributed by atoms with Crippen LogP contribution in [0.15, 0.2) is 71.6 Å². The van der Waals surface area contributed by atoms with E-state index in [0.29, 0.717) is 33.5 Å². The molecule has 0 radical (unpaired) electrons. The minimum atomic E-state index is -3.78. The van der Waals surface area contributed by atoms with Crippen molar-refractivity contribution in [1.29, 1.82) is 0 Å². The summed E-state index contributed by atoms with van der Waals surface area (Å²) in [7, 11) is -3.78. The molecule has 168 valence electrons. The highest BCUT2D eigenvalue weighted by Gasteiger charge is 2.16. The second kappa shape index (κ2) is 10.2. The van der Waals surface area contributed by atoms with Crippen LogP contribution in [0.25, 0.3) is 0 Å². The van der Waals surface area contributed by atoms with Gasteiger partial charge in [0.05, 0.1) is 21.0 Å². The fourth-order valence-corrected chi connectivity index (χ4v) is 4.47.